The quantitative estimate of drug-likeness (QED) is 0.560. The van der Waals surface area contributed by atoms with E-state index in [9.17, 15) is 5.11 Å². The van der Waals surface area contributed by atoms with E-state index in [2.05, 4.69) is 32.6 Å². The van der Waals surface area contributed by atoms with E-state index < -0.39 is 0 Å². The summed E-state index contributed by atoms with van der Waals surface area (Å²) >= 11 is 0. The topological polar surface area (TPSA) is 49.5 Å². The van der Waals surface area contributed by atoms with Crippen molar-refractivity contribution in [2.45, 2.75) is 77.8 Å². The summed E-state index contributed by atoms with van der Waals surface area (Å²) in [5.74, 6) is 0. The van der Waals surface area contributed by atoms with Crippen molar-refractivity contribution in [1.82, 2.24) is 4.90 Å². The van der Waals surface area contributed by atoms with Gasteiger partial charge in [0.25, 0.3) is 0 Å². The molecule has 3 N–H and O–H groups in total. The summed E-state index contributed by atoms with van der Waals surface area (Å²) in [5.41, 5.74) is 5.74. The van der Waals surface area contributed by atoms with E-state index in [4.69, 9.17) is 5.73 Å². The third-order valence-corrected chi connectivity index (χ3v) is 3.92. The SMILES string of the molecule is CCCCCN(CCCC(N)(CC)CO)C(C)C. The molecule has 0 saturated carbocycles. The number of hydrogen-bond donors (Lipinski definition) is 2. The molecule has 0 saturated heterocycles. The van der Waals surface area contributed by atoms with Gasteiger partial charge in [0.05, 0.1) is 6.61 Å². The fraction of sp³-hybridized carbons (Fsp3) is 1.00. The molecule has 0 spiro atoms. The number of aliphatic hydroxyl groups is 1. The van der Waals surface area contributed by atoms with E-state index in [1.807, 2.05) is 0 Å². The summed E-state index contributed by atoms with van der Waals surface area (Å²) in [4.78, 5) is 2.53. The summed E-state index contributed by atoms with van der Waals surface area (Å²) in [6, 6.07) is 0.602. The Kier molecular flexibility index (Phi) is 9.70. The number of aliphatic hydroxyl groups excluding tert-OH is 1. The Bertz CT molecular complexity index is 191. The molecule has 0 bridgehead atoms. The van der Waals surface area contributed by atoms with Gasteiger partial charge in [-0.15, -0.1) is 0 Å². The molecule has 0 aliphatic carbocycles. The van der Waals surface area contributed by atoms with Crippen molar-refractivity contribution in [3.05, 3.63) is 0 Å². The third kappa shape index (κ3) is 7.34. The molecule has 0 aromatic carbocycles. The van der Waals surface area contributed by atoms with E-state index in [0.717, 1.165) is 25.8 Å². The maximum atomic E-state index is 9.29. The minimum absolute atomic E-state index is 0.0982. The van der Waals surface area contributed by atoms with Crippen LogP contribution in [0.25, 0.3) is 0 Å². The third-order valence-electron chi connectivity index (χ3n) is 3.92. The van der Waals surface area contributed by atoms with Crippen molar-refractivity contribution in [3.63, 3.8) is 0 Å². The van der Waals surface area contributed by atoms with Gasteiger partial charge in [0.15, 0.2) is 0 Å². The van der Waals surface area contributed by atoms with Gasteiger partial charge in [-0.05, 0) is 52.6 Å². The lowest BCUT2D eigenvalue weighted by atomic mass is 9.92. The van der Waals surface area contributed by atoms with Crippen molar-refractivity contribution in [1.29, 1.82) is 0 Å². The second kappa shape index (κ2) is 9.76. The first-order valence-corrected chi connectivity index (χ1v) is 7.63. The second-order valence-electron chi connectivity index (χ2n) is 5.81. The molecular weight excluding hydrogens is 224 g/mol. The summed E-state index contributed by atoms with van der Waals surface area (Å²) < 4.78 is 0. The average Bonchev–Trinajstić information content (AvgIpc) is 2.36. The van der Waals surface area contributed by atoms with Crippen LogP contribution < -0.4 is 5.73 Å². The van der Waals surface area contributed by atoms with Gasteiger partial charge < -0.3 is 15.7 Å². The van der Waals surface area contributed by atoms with Crippen LogP contribution in [0.4, 0.5) is 0 Å². The summed E-state index contributed by atoms with van der Waals surface area (Å²) in [5, 5.41) is 9.29. The van der Waals surface area contributed by atoms with Crippen LogP contribution in [-0.2, 0) is 0 Å². The minimum atomic E-state index is -0.369. The Labute approximate surface area is 114 Å². The van der Waals surface area contributed by atoms with Gasteiger partial charge in [0, 0.05) is 11.6 Å². The molecule has 0 amide bonds. The monoisotopic (exact) mass is 258 g/mol. The molecule has 3 heteroatoms. The van der Waals surface area contributed by atoms with Crippen LogP contribution in [0.15, 0.2) is 0 Å². The lowest BCUT2D eigenvalue weighted by molar-refractivity contribution is 0.163. The lowest BCUT2D eigenvalue weighted by Gasteiger charge is -2.30. The van der Waals surface area contributed by atoms with Crippen LogP contribution in [0.2, 0.25) is 0 Å². The predicted molar refractivity (Wildman–Crippen MR) is 79.8 cm³/mol. The molecule has 110 valence electrons. The molecule has 0 aliphatic rings. The smallest absolute Gasteiger partial charge is 0.0611 e. The highest BCUT2D eigenvalue weighted by atomic mass is 16.3. The lowest BCUT2D eigenvalue weighted by Crippen LogP contribution is -2.44. The Morgan fingerprint density at radius 3 is 2.17 bits per heavy atom. The standard InChI is InChI=1S/C15H34N2O/c1-5-7-8-11-17(14(3)4)12-9-10-15(16,6-2)13-18/h14,18H,5-13,16H2,1-4H3. The summed E-state index contributed by atoms with van der Waals surface area (Å²) in [6.45, 7) is 11.2. The predicted octanol–water partition coefficient (Wildman–Crippen LogP) is 2.77. The van der Waals surface area contributed by atoms with Crippen LogP contribution in [0, 0.1) is 0 Å². The average molecular weight is 258 g/mol. The highest BCUT2D eigenvalue weighted by molar-refractivity contribution is 4.82. The number of nitrogens with two attached hydrogens (primary N) is 1. The van der Waals surface area contributed by atoms with Gasteiger partial charge in [0.1, 0.15) is 0 Å². The van der Waals surface area contributed by atoms with Crippen molar-refractivity contribution in [3.8, 4) is 0 Å². The maximum absolute atomic E-state index is 9.29. The highest BCUT2D eigenvalue weighted by Gasteiger charge is 2.21. The normalized spacial score (nSPS) is 15.3. The zero-order valence-electron chi connectivity index (χ0n) is 12.9. The summed E-state index contributed by atoms with van der Waals surface area (Å²) in [6.07, 6.45) is 6.72. The zero-order chi connectivity index (χ0) is 14.0. The second-order valence-corrected chi connectivity index (χ2v) is 5.81. The van der Waals surface area contributed by atoms with Crippen molar-refractivity contribution >= 4 is 0 Å². The zero-order valence-corrected chi connectivity index (χ0v) is 12.9. The molecule has 0 aromatic heterocycles. The molecular formula is C15H34N2O. The minimum Gasteiger partial charge on any atom is -0.394 e. The number of unbranched alkanes of at least 4 members (excludes halogenated alkanes) is 2. The Balaban J connectivity index is 3.96. The van der Waals surface area contributed by atoms with Crippen LogP contribution in [0.3, 0.4) is 0 Å². The highest BCUT2D eigenvalue weighted by Crippen LogP contribution is 2.14. The van der Waals surface area contributed by atoms with Crippen LogP contribution in [0.1, 0.15) is 66.2 Å². The van der Waals surface area contributed by atoms with Crippen LogP contribution in [-0.4, -0.2) is 41.3 Å². The first-order chi connectivity index (χ1) is 8.49. The van der Waals surface area contributed by atoms with Gasteiger partial charge in [0.2, 0.25) is 0 Å². The first-order valence-electron chi connectivity index (χ1n) is 7.63. The number of rotatable bonds is 11. The van der Waals surface area contributed by atoms with Gasteiger partial charge in [-0.3, -0.25) is 0 Å². The van der Waals surface area contributed by atoms with Gasteiger partial charge in [-0.2, -0.15) is 0 Å². The largest absolute Gasteiger partial charge is 0.394 e. The first kappa shape index (κ1) is 17.9. The van der Waals surface area contributed by atoms with E-state index >= 15 is 0 Å². The molecule has 0 fully saturated rings. The van der Waals surface area contributed by atoms with Crippen molar-refractivity contribution in [2.75, 3.05) is 19.7 Å². The Morgan fingerprint density at radius 2 is 1.72 bits per heavy atom. The fourth-order valence-corrected chi connectivity index (χ4v) is 2.19. The number of nitrogens with zero attached hydrogens (tertiary/aromatic N) is 1. The maximum Gasteiger partial charge on any atom is 0.0611 e. The van der Waals surface area contributed by atoms with E-state index in [0.29, 0.717) is 6.04 Å². The van der Waals surface area contributed by atoms with E-state index in [-0.39, 0.29) is 12.1 Å². The molecule has 1 atom stereocenters. The molecule has 0 radical (unpaired) electrons. The van der Waals surface area contributed by atoms with Crippen molar-refractivity contribution in [2.24, 2.45) is 5.73 Å². The van der Waals surface area contributed by atoms with Gasteiger partial charge >= 0.3 is 0 Å². The van der Waals surface area contributed by atoms with E-state index in [1.54, 1.807) is 0 Å². The summed E-state index contributed by atoms with van der Waals surface area (Å²) in [7, 11) is 0. The van der Waals surface area contributed by atoms with Crippen LogP contribution >= 0.6 is 0 Å². The molecule has 18 heavy (non-hydrogen) atoms. The van der Waals surface area contributed by atoms with Crippen LogP contribution in [0.5, 0.6) is 0 Å². The molecule has 0 aliphatic heterocycles. The number of hydrogen-bond acceptors (Lipinski definition) is 3. The van der Waals surface area contributed by atoms with E-state index in [1.165, 1.54) is 25.8 Å². The molecule has 0 aromatic rings. The fourth-order valence-electron chi connectivity index (χ4n) is 2.19. The molecule has 0 heterocycles. The van der Waals surface area contributed by atoms with Gasteiger partial charge in [-0.1, -0.05) is 26.7 Å². The van der Waals surface area contributed by atoms with Gasteiger partial charge in [-0.25, -0.2) is 0 Å². The Morgan fingerprint density at radius 1 is 1.11 bits per heavy atom. The Hall–Kier alpha value is -0.120. The molecule has 1 unspecified atom stereocenters. The van der Waals surface area contributed by atoms with Crippen molar-refractivity contribution < 1.29 is 5.11 Å². The molecule has 0 rings (SSSR count). The molecule has 3 nitrogen and oxygen atoms in total.